The first-order valence-corrected chi connectivity index (χ1v) is 12.4. The van der Waals surface area contributed by atoms with Crippen molar-refractivity contribution in [1.29, 1.82) is 0 Å². The molecule has 0 aliphatic heterocycles. The Labute approximate surface area is 215 Å². The lowest BCUT2D eigenvalue weighted by Gasteiger charge is -2.11. The molecular weight excluding hydrogens is 488 g/mol. The number of amides is 1. The van der Waals surface area contributed by atoms with Crippen LogP contribution in [-0.2, 0) is 4.79 Å². The van der Waals surface area contributed by atoms with E-state index in [9.17, 15) is 4.79 Å². The van der Waals surface area contributed by atoms with Gasteiger partial charge in [0, 0.05) is 34.9 Å². The van der Waals surface area contributed by atoms with Gasteiger partial charge in [0.2, 0.25) is 5.91 Å². The Morgan fingerprint density at radius 3 is 2.65 bits per heavy atom. The first-order chi connectivity index (χ1) is 18.2. The number of para-hydroxylation sites is 2. The molecule has 182 valence electrons. The SMILES string of the molecule is COc1cc2c(cc1NC(=O)CSc1nnc(-c3cnccn3)n1-c1ccccc1)oc1ccccc12. The molecule has 3 aromatic carbocycles. The third kappa shape index (κ3) is 4.38. The number of benzene rings is 3. The molecule has 0 fully saturated rings. The van der Waals surface area contributed by atoms with Gasteiger partial charge < -0.3 is 14.5 Å². The van der Waals surface area contributed by atoms with E-state index < -0.39 is 0 Å². The van der Waals surface area contributed by atoms with Crippen LogP contribution in [-0.4, -0.2) is 43.5 Å². The summed E-state index contributed by atoms with van der Waals surface area (Å²) in [7, 11) is 1.57. The average molecular weight is 509 g/mol. The molecule has 0 aliphatic rings. The summed E-state index contributed by atoms with van der Waals surface area (Å²) in [4.78, 5) is 21.5. The third-order valence-corrected chi connectivity index (χ3v) is 6.67. The van der Waals surface area contributed by atoms with Crippen LogP contribution in [0.2, 0.25) is 0 Å². The number of nitrogens with zero attached hydrogens (tertiary/aromatic N) is 5. The second-order valence-electron chi connectivity index (χ2n) is 8.05. The first kappa shape index (κ1) is 22.7. The highest BCUT2D eigenvalue weighted by molar-refractivity contribution is 7.99. The molecule has 1 N–H and O–H groups in total. The maximum Gasteiger partial charge on any atom is 0.234 e. The van der Waals surface area contributed by atoms with Crippen LogP contribution in [0.5, 0.6) is 5.75 Å². The van der Waals surface area contributed by atoms with Crippen LogP contribution in [0, 0.1) is 0 Å². The van der Waals surface area contributed by atoms with Crippen molar-refractivity contribution in [2.45, 2.75) is 5.16 Å². The van der Waals surface area contributed by atoms with Crippen molar-refractivity contribution in [3.8, 4) is 23.0 Å². The summed E-state index contributed by atoms with van der Waals surface area (Å²) < 4.78 is 13.4. The minimum Gasteiger partial charge on any atom is -0.495 e. The quantitative estimate of drug-likeness (QED) is 0.287. The minimum atomic E-state index is -0.220. The van der Waals surface area contributed by atoms with E-state index in [1.54, 1.807) is 31.8 Å². The highest BCUT2D eigenvalue weighted by Gasteiger charge is 2.19. The van der Waals surface area contributed by atoms with Crippen LogP contribution in [0.1, 0.15) is 0 Å². The van der Waals surface area contributed by atoms with Gasteiger partial charge >= 0.3 is 0 Å². The van der Waals surface area contributed by atoms with Crippen LogP contribution in [0.25, 0.3) is 39.1 Å². The minimum absolute atomic E-state index is 0.104. The number of furan rings is 1. The molecule has 3 heterocycles. The second-order valence-corrected chi connectivity index (χ2v) is 8.99. The molecule has 10 heteroatoms. The number of thioether (sulfide) groups is 1. The maximum absolute atomic E-state index is 13.0. The number of anilines is 1. The van der Waals surface area contributed by atoms with E-state index in [0.29, 0.717) is 33.7 Å². The summed E-state index contributed by atoms with van der Waals surface area (Å²) in [5.41, 5.74) is 3.41. The fourth-order valence-corrected chi connectivity index (χ4v) is 4.84. The summed E-state index contributed by atoms with van der Waals surface area (Å²) in [6.45, 7) is 0. The zero-order valence-electron chi connectivity index (χ0n) is 19.7. The van der Waals surface area contributed by atoms with Crippen molar-refractivity contribution in [2.24, 2.45) is 0 Å². The second kappa shape index (κ2) is 9.75. The summed E-state index contributed by atoms with van der Waals surface area (Å²) in [6.07, 6.45) is 4.83. The molecule has 0 saturated heterocycles. The molecule has 0 aliphatic carbocycles. The van der Waals surface area contributed by atoms with Crippen LogP contribution in [0.15, 0.2) is 94.9 Å². The zero-order chi connectivity index (χ0) is 25.2. The highest BCUT2D eigenvalue weighted by atomic mass is 32.2. The van der Waals surface area contributed by atoms with E-state index in [4.69, 9.17) is 9.15 Å². The van der Waals surface area contributed by atoms with Crippen molar-refractivity contribution < 1.29 is 13.9 Å². The van der Waals surface area contributed by atoms with E-state index in [0.717, 1.165) is 22.0 Å². The number of carbonyl (C=O) groups excluding carboxylic acids is 1. The number of nitrogens with one attached hydrogen (secondary N) is 1. The molecule has 0 atom stereocenters. The van der Waals surface area contributed by atoms with Gasteiger partial charge in [0.05, 0.1) is 24.7 Å². The Balaban J connectivity index is 1.26. The number of carbonyl (C=O) groups is 1. The fourth-order valence-electron chi connectivity index (χ4n) is 4.09. The van der Waals surface area contributed by atoms with Gasteiger partial charge in [-0.1, -0.05) is 48.2 Å². The number of fused-ring (bicyclic) bond motifs is 3. The normalized spacial score (nSPS) is 11.2. The molecule has 0 spiro atoms. The first-order valence-electron chi connectivity index (χ1n) is 11.4. The summed E-state index contributed by atoms with van der Waals surface area (Å²) in [5, 5.41) is 14.1. The van der Waals surface area contributed by atoms with Crippen molar-refractivity contribution >= 4 is 45.3 Å². The van der Waals surface area contributed by atoms with Crippen molar-refractivity contribution in [2.75, 3.05) is 18.2 Å². The van der Waals surface area contributed by atoms with Crippen molar-refractivity contribution in [3.05, 3.63) is 85.3 Å². The van der Waals surface area contributed by atoms with E-state index in [1.807, 2.05) is 65.2 Å². The van der Waals surface area contributed by atoms with E-state index in [-0.39, 0.29) is 11.7 Å². The zero-order valence-corrected chi connectivity index (χ0v) is 20.5. The molecule has 0 radical (unpaired) electrons. The number of methoxy groups -OCH3 is 1. The van der Waals surface area contributed by atoms with Crippen LogP contribution >= 0.6 is 11.8 Å². The predicted molar refractivity (Wildman–Crippen MR) is 142 cm³/mol. The van der Waals surface area contributed by atoms with E-state index in [2.05, 4.69) is 25.5 Å². The smallest absolute Gasteiger partial charge is 0.234 e. The maximum atomic E-state index is 13.0. The highest BCUT2D eigenvalue weighted by Crippen LogP contribution is 2.36. The Morgan fingerprint density at radius 2 is 1.84 bits per heavy atom. The molecule has 1 amide bonds. The Bertz CT molecular complexity index is 1720. The molecule has 37 heavy (non-hydrogen) atoms. The fraction of sp³-hybridized carbons (Fsp3) is 0.0741. The van der Waals surface area contributed by atoms with Crippen molar-refractivity contribution in [1.82, 2.24) is 24.7 Å². The van der Waals surface area contributed by atoms with Crippen LogP contribution in [0.4, 0.5) is 5.69 Å². The molecule has 0 saturated carbocycles. The summed E-state index contributed by atoms with van der Waals surface area (Å²) >= 11 is 1.27. The number of aromatic nitrogens is 5. The van der Waals surface area contributed by atoms with Gasteiger partial charge in [-0.05, 0) is 24.3 Å². The molecular formula is C27H20N6O3S. The number of rotatable bonds is 7. The van der Waals surface area contributed by atoms with Gasteiger partial charge in [0.25, 0.3) is 0 Å². The topological polar surface area (TPSA) is 108 Å². The van der Waals surface area contributed by atoms with Gasteiger partial charge in [-0.2, -0.15) is 0 Å². The third-order valence-electron chi connectivity index (χ3n) is 5.75. The summed E-state index contributed by atoms with van der Waals surface area (Å²) in [5.74, 6) is 0.976. The van der Waals surface area contributed by atoms with E-state index >= 15 is 0 Å². The molecule has 9 nitrogen and oxygen atoms in total. The molecule has 0 unspecified atom stereocenters. The molecule has 0 bridgehead atoms. The van der Waals surface area contributed by atoms with Gasteiger partial charge in [-0.3, -0.25) is 14.3 Å². The molecule has 6 aromatic rings. The van der Waals surface area contributed by atoms with Gasteiger partial charge in [-0.25, -0.2) is 4.98 Å². The monoisotopic (exact) mass is 508 g/mol. The standard InChI is InChI=1S/C27H20N6O3S/c1-35-24-13-19-18-9-5-6-10-22(18)36-23(19)14-20(24)30-25(34)16-37-27-32-31-26(21-15-28-11-12-29-21)33(27)17-7-3-2-4-8-17/h2-15H,16H2,1H3,(H,30,34). The largest absolute Gasteiger partial charge is 0.495 e. The lowest BCUT2D eigenvalue weighted by atomic mass is 10.1. The number of hydrogen-bond acceptors (Lipinski definition) is 8. The van der Waals surface area contributed by atoms with Crippen LogP contribution in [0.3, 0.4) is 0 Å². The lowest BCUT2D eigenvalue weighted by molar-refractivity contribution is -0.113. The molecule has 3 aromatic heterocycles. The average Bonchev–Trinajstić information content (AvgIpc) is 3.53. The summed E-state index contributed by atoms with van der Waals surface area (Å²) in [6, 6.07) is 21.1. The van der Waals surface area contributed by atoms with Crippen molar-refractivity contribution in [3.63, 3.8) is 0 Å². The number of ether oxygens (including phenoxy) is 1. The Morgan fingerprint density at radius 1 is 1.00 bits per heavy atom. The van der Waals surface area contributed by atoms with E-state index in [1.165, 1.54) is 11.8 Å². The van der Waals surface area contributed by atoms with Gasteiger partial charge in [0.15, 0.2) is 11.0 Å². The van der Waals surface area contributed by atoms with Crippen LogP contribution < -0.4 is 10.1 Å². The van der Waals surface area contributed by atoms with Gasteiger partial charge in [0.1, 0.15) is 22.6 Å². The predicted octanol–water partition coefficient (Wildman–Crippen LogP) is 5.36. The Kier molecular flexibility index (Phi) is 5.99. The Hall–Kier alpha value is -4.70. The molecule has 6 rings (SSSR count). The lowest BCUT2D eigenvalue weighted by Crippen LogP contribution is -2.15. The number of hydrogen-bond donors (Lipinski definition) is 1. The van der Waals surface area contributed by atoms with Gasteiger partial charge in [-0.15, -0.1) is 10.2 Å².